The molecule has 0 unspecified atom stereocenters. The summed E-state index contributed by atoms with van der Waals surface area (Å²) in [6, 6.07) is 9.91. The lowest BCUT2D eigenvalue weighted by Gasteiger charge is -2.14. The van der Waals surface area contributed by atoms with Gasteiger partial charge in [0.25, 0.3) is 0 Å². The number of carbonyl (C=O) groups is 2. The first-order valence-electron chi connectivity index (χ1n) is 7.14. The van der Waals surface area contributed by atoms with E-state index in [0.717, 1.165) is 0 Å². The minimum atomic E-state index is -0.287. The zero-order valence-corrected chi connectivity index (χ0v) is 13.3. The van der Waals surface area contributed by atoms with E-state index in [2.05, 4.69) is 0 Å². The SMILES string of the molecule is CCOc1ccc(C(=O)c2c(OC)ccc(C=O)c2OC)cc1. The highest BCUT2D eigenvalue weighted by Gasteiger charge is 2.22. The van der Waals surface area contributed by atoms with Gasteiger partial charge in [-0.1, -0.05) is 0 Å². The van der Waals surface area contributed by atoms with Crippen molar-refractivity contribution in [1.82, 2.24) is 0 Å². The first kappa shape index (κ1) is 16.5. The molecule has 0 aliphatic rings. The van der Waals surface area contributed by atoms with Crippen LogP contribution in [0.5, 0.6) is 17.2 Å². The third-order valence-corrected chi connectivity index (χ3v) is 3.36. The molecule has 0 bridgehead atoms. The van der Waals surface area contributed by atoms with Crippen molar-refractivity contribution in [2.45, 2.75) is 6.92 Å². The van der Waals surface area contributed by atoms with Gasteiger partial charge in [-0.05, 0) is 43.3 Å². The fraction of sp³-hybridized carbons (Fsp3) is 0.222. The molecule has 0 N–H and O–H groups in total. The first-order chi connectivity index (χ1) is 11.2. The van der Waals surface area contributed by atoms with Crippen LogP contribution in [-0.4, -0.2) is 32.9 Å². The zero-order valence-electron chi connectivity index (χ0n) is 13.3. The van der Waals surface area contributed by atoms with Gasteiger partial charge in [-0.25, -0.2) is 0 Å². The minimum Gasteiger partial charge on any atom is -0.496 e. The van der Waals surface area contributed by atoms with Crippen LogP contribution in [0.25, 0.3) is 0 Å². The van der Waals surface area contributed by atoms with E-state index in [0.29, 0.717) is 35.5 Å². The lowest BCUT2D eigenvalue weighted by atomic mass is 9.99. The van der Waals surface area contributed by atoms with Gasteiger partial charge < -0.3 is 14.2 Å². The van der Waals surface area contributed by atoms with Crippen molar-refractivity contribution in [2.75, 3.05) is 20.8 Å². The summed E-state index contributed by atoms with van der Waals surface area (Å²) >= 11 is 0. The third-order valence-electron chi connectivity index (χ3n) is 3.36. The molecule has 2 aromatic rings. The Kier molecular flexibility index (Phi) is 5.36. The van der Waals surface area contributed by atoms with Crippen LogP contribution in [0.4, 0.5) is 0 Å². The summed E-state index contributed by atoms with van der Waals surface area (Å²) in [5.74, 6) is 0.958. The number of carbonyl (C=O) groups excluding carboxylic acids is 2. The first-order valence-corrected chi connectivity index (χ1v) is 7.14. The van der Waals surface area contributed by atoms with Crippen LogP contribution in [-0.2, 0) is 0 Å². The van der Waals surface area contributed by atoms with E-state index in [1.54, 1.807) is 36.4 Å². The lowest BCUT2D eigenvalue weighted by molar-refractivity contribution is 0.103. The maximum atomic E-state index is 12.8. The third kappa shape index (κ3) is 3.34. The molecular weight excluding hydrogens is 296 g/mol. The molecule has 2 aromatic carbocycles. The summed E-state index contributed by atoms with van der Waals surface area (Å²) in [6.45, 7) is 2.44. The second-order valence-electron chi connectivity index (χ2n) is 4.67. The summed E-state index contributed by atoms with van der Waals surface area (Å²) in [6.07, 6.45) is 0.646. The normalized spacial score (nSPS) is 10.0. The highest BCUT2D eigenvalue weighted by Crippen LogP contribution is 2.33. The molecule has 0 aromatic heterocycles. The number of methoxy groups -OCH3 is 2. The number of ether oxygens (including phenoxy) is 3. The predicted octanol–water partition coefficient (Wildman–Crippen LogP) is 3.15. The highest BCUT2D eigenvalue weighted by molar-refractivity contribution is 6.13. The van der Waals surface area contributed by atoms with Gasteiger partial charge in [0.1, 0.15) is 22.8 Å². The molecule has 0 aliphatic heterocycles. The van der Waals surface area contributed by atoms with E-state index < -0.39 is 0 Å². The number of benzene rings is 2. The molecule has 0 saturated carbocycles. The Morgan fingerprint density at radius 3 is 2.26 bits per heavy atom. The summed E-state index contributed by atoms with van der Waals surface area (Å²) in [4.78, 5) is 24.0. The van der Waals surface area contributed by atoms with Crippen molar-refractivity contribution in [3.8, 4) is 17.2 Å². The summed E-state index contributed by atoms with van der Waals surface area (Å²) in [5.41, 5.74) is 0.972. The van der Waals surface area contributed by atoms with E-state index in [4.69, 9.17) is 14.2 Å². The van der Waals surface area contributed by atoms with Crippen LogP contribution in [0.1, 0.15) is 33.2 Å². The number of rotatable bonds is 7. The van der Waals surface area contributed by atoms with Gasteiger partial charge in [0, 0.05) is 5.56 Å². The molecule has 0 amide bonds. The van der Waals surface area contributed by atoms with E-state index in [9.17, 15) is 9.59 Å². The van der Waals surface area contributed by atoms with Crippen molar-refractivity contribution in [2.24, 2.45) is 0 Å². The topological polar surface area (TPSA) is 61.8 Å². The van der Waals surface area contributed by atoms with Gasteiger partial charge in [-0.15, -0.1) is 0 Å². The van der Waals surface area contributed by atoms with Crippen molar-refractivity contribution in [1.29, 1.82) is 0 Å². The molecule has 5 nitrogen and oxygen atoms in total. The summed E-state index contributed by atoms with van der Waals surface area (Å²) in [5, 5.41) is 0. The van der Waals surface area contributed by atoms with Crippen LogP contribution in [0.15, 0.2) is 36.4 Å². The molecule has 120 valence electrons. The smallest absolute Gasteiger partial charge is 0.200 e. The maximum Gasteiger partial charge on any atom is 0.200 e. The van der Waals surface area contributed by atoms with Gasteiger partial charge >= 0.3 is 0 Å². The Labute approximate surface area is 134 Å². The number of hydrogen-bond donors (Lipinski definition) is 0. The van der Waals surface area contributed by atoms with Gasteiger partial charge in [0.05, 0.1) is 26.4 Å². The van der Waals surface area contributed by atoms with E-state index in [1.807, 2.05) is 6.92 Å². The van der Waals surface area contributed by atoms with Gasteiger partial charge in [0.15, 0.2) is 6.29 Å². The molecule has 2 rings (SSSR count). The van der Waals surface area contributed by atoms with E-state index >= 15 is 0 Å². The van der Waals surface area contributed by atoms with Crippen molar-refractivity contribution < 1.29 is 23.8 Å². The van der Waals surface area contributed by atoms with Crippen LogP contribution in [0.2, 0.25) is 0 Å². The summed E-state index contributed by atoms with van der Waals surface area (Å²) < 4.78 is 15.9. The van der Waals surface area contributed by atoms with Crippen molar-refractivity contribution in [3.63, 3.8) is 0 Å². The molecule has 0 radical (unpaired) electrons. The van der Waals surface area contributed by atoms with Crippen LogP contribution in [0.3, 0.4) is 0 Å². The molecule has 0 saturated heterocycles. The molecule has 5 heteroatoms. The Morgan fingerprint density at radius 1 is 1.04 bits per heavy atom. The maximum absolute atomic E-state index is 12.8. The quantitative estimate of drug-likeness (QED) is 0.580. The Bertz CT molecular complexity index is 704. The molecule has 0 heterocycles. The zero-order chi connectivity index (χ0) is 16.8. The minimum absolute atomic E-state index is 0.207. The van der Waals surface area contributed by atoms with Gasteiger partial charge in [-0.2, -0.15) is 0 Å². The summed E-state index contributed by atoms with van der Waals surface area (Å²) in [7, 11) is 2.88. The highest BCUT2D eigenvalue weighted by atomic mass is 16.5. The van der Waals surface area contributed by atoms with Gasteiger partial charge in [-0.3, -0.25) is 9.59 Å². The fourth-order valence-corrected chi connectivity index (χ4v) is 2.29. The molecule has 0 atom stereocenters. The Hall–Kier alpha value is -2.82. The predicted molar refractivity (Wildman–Crippen MR) is 86.0 cm³/mol. The Morgan fingerprint density at radius 2 is 1.74 bits per heavy atom. The van der Waals surface area contributed by atoms with Crippen molar-refractivity contribution >= 4 is 12.1 Å². The molecular formula is C18H18O5. The average Bonchev–Trinajstić information content (AvgIpc) is 2.60. The number of hydrogen-bond acceptors (Lipinski definition) is 5. The monoisotopic (exact) mass is 314 g/mol. The fourth-order valence-electron chi connectivity index (χ4n) is 2.29. The van der Waals surface area contributed by atoms with Crippen molar-refractivity contribution in [3.05, 3.63) is 53.1 Å². The number of ketones is 1. The average molecular weight is 314 g/mol. The lowest BCUT2D eigenvalue weighted by Crippen LogP contribution is -2.08. The van der Waals surface area contributed by atoms with E-state index in [-0.39, 0.29) is 17.1 Å². The molecule has 23 heavy (non-hydrogen) atoms. The standard InChI is InChI=1S/C18H18O5/c1-4-23-14-8-5-12(6-9-14)17(20)16-15(21-2)10-7-13(11-19)18(16)22-3/h5-11H,4H2,1-3H3. The molecule has 0 spiro atoms. The Balaban J connectivity index is 2.50. The van der Waals surface area contributed by atoms with Crippen LogP contribution in [0, 0.1) is 0 Å². The molecule has 0 fully saturated rings. The van der Waals surface area contributed by atoms with Crippen LogP contribution < -0.4 is 14.2 Å². The van der Waals surface area contributed by atoms with Crippen LogP contribution >= 0.6 is 0 Å². The largest absolute Gasteiger partial charge is 0.496 e. The second-order valence-corrected chi connectivity index (χ2v) is 4.67. The second kappa shape index (κ2) is 7.45. The number of aldehydes is 1. The van der Waals surface area contributed by atoms with E-state index in [1.165, 1.54) is 14.2 Å². The molecule has 0 aliphatic carbocycles. The van der Waals surface area contributed by atoms with Gasteiger partial charge in [0.2, 0.25) is 5.78 Å².